The summed E-state index contributed by atoms with van der Waals surface area (Å²) >= 11 is 9.41. The van der Waals surface area contributed by atoms with Crippen LogP contribution in [0, 0.1) is 11.8 Å². The van der Waals surface area contributed by atoms with Crippen LogP contribution in [0.4, 0.5) is 11.5 Å². The van der Waals surface area contributed by atoms with Crippen molar-refractivity contribution in [2.24, 2.45) is 16.8 Å². The molecule has 3 aliphatic rings. The first kappa shape index (κ1) is 35.2. The second kappa shape index (κ2) is 15.2. The minimum absolute atomic E-state index is 0.0350. The predicted molar refractivity (Wildman–Crippen MR) is 201 cm³/mol. The van der Waals surface area contributed by atoms with Crippen LogP contribution in [0.25, 0.3) is 20.4 Å². The van der Waals surface area contributed by atoms with Crippen LogP contribution in [-0.4, -0.2) is 57.4 Å². The number of thiophene rings is 2. The maximum atomic E-state index is 12.3. The van der Waals surface area contributed by atoms with E-state index in [0.29, 0.717) is 31.3 Å². The monoisotopic (exact) mass is 746 g/mol. The normalized spacial score (nSPS) is 17.4. The number of aryl methyl sites for hydroxylation is 2. The fraction of sp³-hybridized carbons (Fsp3) is 0.432. The molecule has 1 aromatic carbocycles. The summed E-state index contributed by atoms with van der Waals surface area (Å²) in [6, 6.07) is 4.14. The van der Waals surface area contributed by atoms with Gasteiger partial charge in [0.1, 0.15) is 39.0 Å². The van der Waals surface area contributed by atoms with Gasteiger partial charge in [-0.15, -0.1) is 22.7 Å². The number of halogens is 1. The molecular formula is C37H39ClN6O5S2. The van der Waals surface area contributed by atoms with Gasteiger partial charge in [-0.2, -0.15) is 0 Å². The number of esters is 2. The number of ether oxygens (including phenoxy) is 3. The van der Waals surface area contributed by atoms with Gasteiger partial charge in [0.2, 0.25) is 0 Å². The van der Waals surface area contributed by atoms with Gasteiger partial charge < -0.3 is 19.5 Å². The maximum Gasteiger partial charge on any atom is 0.309 e. The van der Waals surface area contributed by atoms with E-state index in [4.69, 9.17) is 25.8 Å². The number of aromatic nitrogens is 4. The van der Waals surface area contributed by atoms with E-state index in [1.54, 1.807) is 29.0 Å². The van der Waals surface area contributed by atoms with Crippen molar-refractivity contribution in [3.8, 4) is 5.75 Å². The number of nitrogens with zero attached hydrogens (tertiary/aromatic N) is 5. The topological polar surface area (TPSA) is 138 Å². The minimum Gasteiger partial charge on any atom is -0.489 e. The third kappa shape index (κ3) is 7.29. The van der Waals surface area contributed by atoms with E-state index in [1.165, 1.54) is 27.2 Å². The summed E-state index contributed by atoms with van der Waals surface area (Å²) in [5.74, 6) is 1.25. The summed E-state index contributed by atoms with van der Waals surface area (Å²) in [4.78, 5) is 50.1. The average molecular weight is 747 g/mol. The molecular weight excluding hydrogens is 708 g/mol. The summed E-state index contributed by atoms with van der Waals surface area (Å²) in [6.45, 7) is 9.26. The van der Waals surface area contributed by atoms with E-state index in [1.807, 2.05) is 33.9 Å². The zero-order valence-electron chi connectivity index (χ0n) is 29.0. The first-order valence-electron chi connectivity index (χ1n) is 17.3. The van der Waals surface area contributed by atoms with Crippen molar-refractivity contribution in [1.82, 2.24) is 19.9 Å². The Labute approximate surface area is 308 Å². The average Bonchev–Trinajstić information content (AvgIpc) is 3.83. The van der Waals surface area contributed by atoms with Gasteiger partial charge in [-0.25, -0.2) is 19.9 Å². The van der Waals surface area contributed by atoms with Crippen molar-refractivity contribution in [2.75, 3.05) is 18.5 Å². The van der Waals surface area contributed by atoms with Crippen molar-refractivity contribution in [2.45, 2.75) is 78.9 Å². The number of fused-ring (bicyclic) bond motifs is 7. The van der Waals surface area contributed by atoms with Crippen LogP contribution in [0.5, 0.6) is 5.75 Å². The standard InChI is InChI=1S/C24H26N4O3S.C13H13ClN2O2S/c1-4-30-24(29)14-5-6-17-20(9-14)32-23-21(17)22(26-12-27-23)28-18-7-15-10-25-11-16(15)8-19(18)31-13(2)3;1-2-18-13(17)7-3-4-8-9(5-7)19-12-10(8)11(14)15-6-16-12/h7-8,10,12-14H,4-6,9,11H2,1-3H3,(H,26,27,28);6-7H,2-5H2,1H3. The molecule has 0 saturated heterocycles. The van der Waals surface area contributed by atoms with E-state index in [0.717, 1.165) is 80.9 Å². The Kier molecular flexibility index (Phi) is 10.5. The van der Waals surface area contributed by atoms with Crippen LogP contribution < -0.4 is 10.1 Å². The molecule has 0 radical (unpaired) electrons. The lowest BCUT2D eigenvalue weighted by molar-refractivity contribution is -0.149. The van der Waals surface area contributed by atoms with E-state index >= 15 is 0 Å². The Morgan fingerprint density at radius 1 is 0.882 bits per heavy atom. The molecule has 5 aromatic rings. The molecule has 2 atom stereocenters. The molecule has 0 bridgehead atoms. The summed E-state index contributed by atoms with van der Waals surface area (Å²) in [7, 11) is 0. The van der Waals surface area contributed by atoms with Crippen molar-refractivity contribution in [3.05, 3.63) is 61.9 Å². The summed E-state index contributed by atoms with van der Waals surface area (Å²) in [6.07, 6.45) is 9.69. The molecule has 8 rings (SSSR count). The number of rotatable bonds is 8. The first-order chi connectivity index (χ1) is 24.7. The van der Waals surface area contributed by atoms with Gasteiger partial charge in [-0.3, -0.25) is 14.6 Å². The first-order valence-corrected chi connectivity index (χ1v) is 19.3. The third-order valence-electron chi connectivity index (χ3n) is 9.23. The Bertz CT molecular complexity index is 2150. The minimum atomic E-state index is -0.102. The zero-order chi connectivity index (χ0) is 35.6. The lowest BCUT2D eigenvalue weighted by atomic mass is 9.88. The van der Waals surface area contributed by atoms with Crippen molar-refractivity contribution >= 4 is 84.4 Å². The molecule has 0 amide bonds. The number of anilines is 2. The van der Waals surface area contributed by atoms with Gasteiger partial charge in [0, 0.05) is 16.0 Å². The molecule has 0 fully saturated rings. The molecule has 0 saturated carbocycles. The second-order valence-electron chi connectivity index (χ2n) is 12.9. The van der Waals surface area contributed by atoms with Crippen LogP contribution in [0.15, 0.2) is 29.8 Å². The Morgan fingerprint density at radius 3 is 2.12 bits per heavy atom. The highest BCUT2D eigenvalue weighted by Crippen LogP contribution is 2.43. The molecule has 14 heteroatoms. The van der Waals surface area contributed by atoms with Crippen molar-refractivity contribution in [1.29, 1.82) is 0 Å². The lowest BCUT2D eigenvalue weighted by Gasteiger charge is -2.21. The number of nitrogens with one attached hydrogen (secondary N) is 1. The highest BCUT2D eigenvalue weighted by atomic mass is 35.5. The zero-order valence-corrected chi connectivity index (χ0v) is 31.3. The fourth-order valence-electron chi connectivity index (χ4n) is 6.91. The number of hydrogen-bond acceptors (Lipinski definition) is 13. The highest BCUT2D eigenvalue weighted by molar-refractivity contribution is 7.19. The maximum absolute atomic E-state index is 12.3. The molecule has 2 unspecified atom stereocenters. The Balaban J connectivity index is 0.000000182. The molecule has 11 nitrogen and oxygen atoms in total. The number of hydrogen-bond donors (Lipinski definition) is 1. The Hall–Kier alpha value is -4.20. The third-order valence-corrected chi connectivity index (χ3v) is 11.8. The van der Waals surface area contributed by atoms with Crippen LogP contribution in [0.2, 0.25) is 5.15 Å². The molecule has 4 aromatic heterocycles. The molecule has 1 aliphatic heterocycles. The largest absolute Gasteiger partial charge is 0.489 e. The van der Waals surface area contributed by atoms with E-state index in [9.17, 15) is 9.59 Å². The van der Waals surface area contributed by atoms with Crippen LogP contribution in [0.1, 0.15) is 72.5 Å². The van der Waals surface area contributed by atoms with E-state index < -0.39 is 0 Å². The summed E-state index contributed by atoms with van der Waals surface area (Å²) in [5.41, 5.74) is 5.58. The molecule has 5 heterocycles. The smallest absolute Gasteiger partial charge is 0.309 e. The van der Waals surface area contributed by atoms with E-state index in [2.05, 4.69) is 42.4 Å². The van der Waals surface area contributed by atoms with Gasteiger partial charge in [-0.1, -0.05) is 11.6 Å². The van der Waals surface area contributed by atoms with E-state index in [-0.39, 0.29) is 29.9 Å². The summed E-state index contributed by atoms with van der Waals surface area (Å²) < 4.78 is 16.5. The summed E-state index contributed by atoms with van der Waals surface area (Å²) in [5, 5.41) is 6.04. The van der Waals surface area contributed by atoms with Crippen LogP contribution in [-0.2, 0) is 51.3 Å². The fourth-order valence-corrected chi connectivity index (χ4v) is 9.75. The number of aliphatic imine (C=N–C) groups is 1. The van der Waals surface area contributed by atoms with Crippen LogP contribution >= 0.6 is 34.3 Å². The quantitative estimate of drug-likeness (QED) is 0.124. The van der Waals surface area contributed by atoms with Gasteiger partial charge in [0.25, 0.3) is 0 Å². The second-order valence-corrected chi connectivity index (χ2v) is 15.5. The van der Waals surface area contributed by atoms with Crippen molar-refractivity contribution < 1.29 is 23.8 Å². The SMILES string of the molecule is CCOC(=O)C1CCc2c(sc3ncnc(Cl)c23)C1.CCOC(=O)C1CCc2c(sc3ncnc(Nc4cc5c(cc4OC(C)C)CN=C5)c23)C1. The van der Waals surface area contributed by atoms with Gasteiger partial charge >= 0.3 is 11.9 Å². The molecule has 1 N–H and O–H groups in total. The highest BCUT2D eigenvalue weighted by Gasteiger charge is 2.31. The van der Waals surface area contributed by atoms with Gasteiger partial charge in [-0.05, 0) is 101 Å². The molecule has 51 heavy (non-hydrogen) atoms. The predicted octanol–water partition coefficient (Wildman–Crippen LogP) is 7.84. The lowest BCUT2D eigenvalue weighted by Crippen LogP contribution is -2.23. The molecule has 266 valence electrons. The number of carbonyl (C=O) groups excluding carboxylic acids is 2. The number of carbonyl (C=O) groups is 2. The molecule has 2 aliphatic carbocycles. The molecule has 0 spiro atoms. The Morgan fingerprint density at radius 2 is 1.49 bits per heavy atom. The van der Waals surface area contributed by atoms with Crippen LogP contribution in [0.3, 0.4) is 0 Å². The number of benzene rings is 1. The van der Waals surface area contributed by atoms with Gasteiger partial charge in [0.15, 0.2) is 0 Å². The van der Waals surface area contributed by atoms with Gasteiger partial charge in [0.05, 0.1) is 54.2 Å². The van der Waals surface area contributed by atoms with Crippen molar-refractivity contribution in [3.63, 3.8) is 0 Å².